The van der Waals surface area contributed by atoms with E-state index in [2.05, 4.69) is 0 Å². The van der Waals surface area contributed by atoms with Crippen molar-refractivity contribution in [3.63, 3.8) is 0 Å². The second-order valence-electron chi connectivity index (χ2n) is 6.60. The molecule has 0 saturated carbocycles. The lowest BCUT2D eigenvalue weighted by Gasteiger charge is -2.39. The first-order valence-electron chi connectivity index (χ1n) is 6.96. The third-order valence-corrected chi connectivity index (χ3v) is 4.26. The van der Waals surface area contributed by atoms with Crippen molar-refractivity contribution in [3.05, 3.63) is 0 Å². The standard InChI is InChI=1S/C13H23NO5S/c1-13(2,3)18-12(15)14-9-5-7-10(14)11(8-6-9)19-20(4,16)17/h9-11H,5-8H2,1-4H3. The molecule has 2 rings (SSSR count). The Bertz CT molecular complexity index is 481. The maximum atomic E-state index is 12.3. The van der Waals surface area contributed by atoms with Gasteiger partial charge in [0.15, 0.2) is 0 Å². The van der Waals surface area contributed by atoms with Crippen LogP contribution in [0.1, 0.15) is 46.5 Å². The van der Waals surface area contributed by atoms with Crippen molar-refractivity contribution in [1.29, 1.82) is 0 Å². The zero-order valence-electron chi connectivity index (χ0n) is 12.5. The first-order valence-corrected chi connectivity index (χ1v) is 8.78. The van der Waals surface area contributed by atoms with Crippen LogP contribution in [0.4, 0.5) is 4.79 Å². The Kier molecular flexibility index (Phi) is 4.03. The molecule has 0 aromatic carbocycles. The predicted molar refractivity (Wildman–Crippen MR) is 73.8 cm³/mol. The normalized spacial score (nSPS) is 30.4. The lowest BCUT2D eigenvalue weighted by atomic mass is 10.0. The Morgan fingerprint density at radius 2 is 1.75 bits per heavy atom. The number of fused-ring (bicyclic) bond motifs is 2. The molecule has 2 bridgehead atoms. The summed E-state index contributed by atoms with van der Waals surface area (Å²) in [4.78, 5) is 14.0. The Morgan fingerprint density at radius 1 is 1.15 bits per heavy atom. The SMILES string of the molecule is CC(C)(C)OC(=O)N1C2CCC(OS(C)(=O)=O)C1CC2. The van der Waals surface area contributed by atoms with E-state index < -0.39 is 21.8 Å². The molecule has 6 nitrogen and oxygen atoms in total. The molecule has 2 aliphatic heterocycles. The molecule has 0 aromatic heterocycles. The van der Waals surface area contributed by atoms with Crippen molar-refractivity contribution in [1.82, 2.24) is 4.90 Å². The first-order chi connectivity index (χ1) is 9.07. The van der Waals surface area contributed by atoms with Crippen molar-refractivity contribution in [3.8, 4) is 0 Å². The van der Waals surface area contributed by atoms with Gasteiger partial charge in [-0.2, -0.15) is 8.42 Å². The lowest BCUT2D eigenvalue weighted by molar-refractivity contribution is -0.0148. The van der Waals surface area contributed by atoms with Crippen LogP contribution < -0.4 is 0 Å². The van der Waals surface area contributed by atoms with Crippen molar-refractivity contribution < 1.29 is 22.1 Å². The van der Waals surface area contributed by atoms with E-state index >= 15 is 0 Å². The fourth-order valence-corrected chi connectivity index (χ4v) is 3.72. The fourth-order valence-electron chi connectivity index (χ4n) is 3.05. The summed E-state index contributed by atoms with van der Waals surface area (Å²) in [7, 11) is -3.51. The topological polar surface area (TPSA) is 72.9 Å². The van der Waals surface area contributed by atoms with Gasteiger partial charge in [0.1, 0.15) is 5.60 Å². The molecule has 0 aliphatic carbocycles. The summed E-state index contributed by atoms with van der Waals surface area (Å²) in [5.41, 5.74) is -0.554. The van der Waals surface area contributed by atoms with Crippen LogP contribution in [0, 0.1) is 0 Å². The number of hydrogen-bond acceptors (Lipinski definition) is 5. The van der Waals surface area contributed by atoms with Crippen molar-refractivity contribution in [2.24, 2.45) is 0 Å². The highest BCUT2D eigenvalue weighted by molar-refractivity contribution is 7.86. The number of nitrogens with zero attached hydrogens (tertiary/aromatic N) is 1. The number of rotatable bonds is 2. The minimum Gasteiger partial charge on any atom is -0.444 e. The van der Waals surface area contributed by atoms with Crippen molar-refractivity contribution in [2.75, 3.05) is 6.26 Å². The molecule has 2 saturated heterocycles. The van der Waals surface area contributed by atoms with Gasteiger partial charge in [-0.3, -0.25) is 9.08 Å². The van der Waals surface area contributed by atoms with Gasteiger partial charge in [0.25, 0.3) is 10.1 Å². The Hall–Kier alpha value is -0.820. The number of hydrogen-bond donors (Lipinski definition) is 0. The molecule has 0 radical (unpaired) electrons. The van der Waals surface area contributed by atoms with Gasteiger partial charge < -0.3 is 4.74 Å². The zero-order chi connectivity index (χ0) is 15.1. The predicted octanol–water partition coefficient (Wildman–Crippen LogP) is 1.89. The fraction of sp³-hybridized carbons (Fsp3) is 0.923. The van der Waals surface area contributed by atoms with E-state index in [1.54, 1.807) is 4.90 Å². The smallest absolute Gasteiger partial charge is 0.410 e. The third-order valence-electron chi connectivity index (χ3n) is 3.66. The molecule has 0 aromatic rings. The summed E-state index contributed by atoms with van der Waals surface area (Å²) >= 11 is 0. The van der Waals surface area contributed by atoms with Gasteiger partial charge in [0.2, 0.25) is 0 Å². The van der Waals surface area contributed by atoms with E-state index in [9.17, 15) is 13.2 Å². The first kappa shape index (κ1) is 15.6. The molecule has 2 fully saturated rings. The summed E-state index contributed by atoms with van der Waals surface area (Å²) in [5, 5.41) is 0. The lowest BCUT2D eigenvalue weighted by Crippen LogP contribution is -2.52. The second-order valence-corrected chi connectivity index (χ2v) is 8.20. The monoisotopic (exact) mass is 305 g/mol. The molecular weight excluding hydrogens is 282 g/mol. The van der Waals surface area contributed by atoms with Gasteiger partial charge in [-0.25, -0.2) is 4.79 Å². The highest BCUT2D eigenvalue weighted by Gasteiger charge is 2.47. The Labute approximate surface area is 120 Å². The van der Waals surface area contributed by atoms with Crippen molar-refractivity contribution >= 4 is 16.2 Å². The minimum absolute atomic E-state index is 0.147. The summed E-state index contributed by atoms with van der Waals surface area (Å²) in [6.45, 7) is 5.46. The summed E-state index contributed by atoms with van der Waals surface area (Å²) in [6, 6.07) is -0.0485. The van der Waals surface area contributed by atoms with Crippen LogP contribution in [0.25, 0.3) is 0 Å². The van der Waals surface area contributed by atoms with E-state index in [0.29, 0.717) is 6.42 Å². The largest absolute Gasteiger partial charge is 0.444 e. The number of carbonyl (C=O) groups excluding carboxylic acids is 1. The van der Waals surface area contributed by atoms with E-state index in [4.69, 9.17) is 8.92 Å². The molecular formula is C13H23NO5S. The molecule has 1 amide bonds. The van der Waals surface area contributed by atoms with E-state index in [1.807, 2.05) is 20.8 Å². The van der Waals surface area contributed by atoms with Crippen molar-refractivity contribution in [2.45, 2.75) is 70.2 Å². The molecule has 2 heterocycles. The maximum Gasteiger partial charge on any atom is 0.410 e. The van der Waals surface area contributed by atoms with Gasteiger partial charge in [-0.1, -0.05) is 0 Å². The van der Waals surface area contributed by atoms with E-state index in [-0.39, 0.29) is 18.2 Å². The average Bonchev–Trinajstić information content (AvgIpc) is 2.55. The number of ether oxygens (including phenoxy) is 1. The Balaban J connectivity index is 2.12. The van der Waals surface area contributed by atoms with Gasteiger partial charge in [0.05, 0.1) is 18.4 Å². The third kappa shape index (κ3) is 3.63. The molecule has 0 spiro atoms. The molecule has 2 aliphatic rings. The second kappa shape index (κ2) is 5.18. The quantitative estimate of drug-likeness (QED) is 0.728. The van der Waals surface area contributed by atoms with Gasteiger partial charge in [-0.05, 0) is 46.5 Å². The molecule has 0 N–H and O–H groups in total. The maximum absolute atomic E-state index is 12.3. The van der Waals surface area contributed by atoms with Crippen LogP contribution >= 0.6 is 0 Å². The average molecular weight is 305 g/mol. The van der Waals surface area contributed by atoms with Crippen LogP contribution in [0.2, 0.25) is 0 Å². The van der Waals surface area contributed by atoms with Gasteiger partial charge >= 0.3 is 6.09 Å². The minimum atomic E-state index is -3.51. The van der Waals surface area contributed by atoms with E-state index in [1.165, 1.54) is 0 Å². The zero-order valence-corrected chi connectivity index (χ0v) is 13.3. The molecule has 3 unspecified atom stereocenters. The number of carbonyl (C=O) groups is 1. The molecule has 3 atom stereocenters. The van der Waals surface area contributed by atoms with Gasteiger partial charge in [-0.15, -0.1) is 0 Å². The van der Waals surface area contributed by atoms with E-state index in [0.717, 1.165) is 25.5 Å². The van der Waals surface area contributed by atoms with Gasteiger partial charge in [0, 0.05) is 6.04 Å². The molecule has 20 heavy (non-hydrogen) atoms. The Morgan fingerprint density at radius 3 is 2.30 bits per heavy atom. The molecule has 7 heteroatoms. The number of piperidine rings is 1. The van der Waals surface area contributed by atoms with Crippen LogP contribution in [-0.4, -0.2) is 49.5 Å². The highest BCUT2D eigenvalue weighted by Crippen LogP contribution is 2.38. The highest BCUT2D eigenvalue weighted by atomic mass is 32.2. The van der Waals surface area contributed by atoms with Crippen LogP contribution in [-0.2, 0) is 19.0 Å². The summed E-state index contributed by atoms with van der Waals surface area (Å²) < 4.78 is 33.2. The number of amides is 1. The molecule has 116 valence electrons. The summed E-state index contributed by atoms with van der Waals surface area (Å²) in [6.07, 6.45) is 3.31. The van der Waals surface area contributed by atoms with Crippen LogP contribution in [0.3, 0.4) is 0 Å². The van der Waals surface area contributed by atoms with Crippen LogP contribution in [0.5, 0.6) is 0 Å². The van der Waals surface area contributed by atoms with Crippen LogP contribution in [0.15, 0.2) is 0 Å². The summed E-state index contributed by atoms with van der Waals surface area (Å²) in [5.74, 6) is 0.